The molecule has 2 aromatic heterocycles. The predicted molar refractivity (Wildman–Crippen MR) is 130 cm³/mol. The van der Waals surface area contributed by atoms with Crippen LogP contribution < -0.4 is 4.90 Å². The number of H-pyrrole nitrogens is 1. The van der Waals surface area contributed by atoms with Gasteiger partial charge in [0.25, 0.3) is 0 Å². The van der Waals surface area contributed by atoms with Gasteiger partial charge in [0.15, 0.2) is 0 Å². The summed E-state index contributed by atoms with van der Waals surface area (Å²) < 4.78 is 51.9. The Kier molecular flexibility index (Phi) is 6.65. The van der Waals surface area contributed by atoms with E-state index in [0.717, 1.165) is 29.2 Å². The van der Waals surface area contributed by atoms with E-state index in [-0.39, 0.29) is 30.4 Å². The molecule has 196 valence electrons. The molecular weight excluding hydrogens is 488 g/mol. The number of anilines is 1. The van der Waals surface area contributed by atoms with Crippen LogP contribution in [0.15, 0.2) is 42.6 Å². The number of piperazine rings is 1. The SMILES string of the molecule is C[C@@H]1CN(c2ccc(C(F)(F)F)cn2)C[C@H](C)N1CC(=O)N1CCc2nc(-c3ccc(F)cc3)[nH]c2C1. The van der Waals surface area contributed by atoms with Gasteiger partial charge in [-0.15, -0.1) is 0 Å². The Morgan fingerprint density at radius 1 is 1.08 bits per heavy atom. The average molecular weight is 517 g/mol. The lowest BCUT2D eigenvalue weighted by atomic mass is 10.1. The van der Waals surface area contributed by atoms with Crippen molar-refractivity contribution in [1.82, 2.24) is 24.8 Å². The van der Waals surface area contributed by atoms with E-state index in [1.54, 1.807) is 12.1 Å². The van der Waals surface area contributed by atoms with Crippen molar-refractivity contribution in [3.63, 3.8) is 0 Å². The molecule has 5 rings (SSSR count). The summed E-state index contributed by atoms with van der Waals surface area (Å²) in [5, 5.41) is 0. The summed E-state index contributed by atoms with van der Waals surface area (Å²) in [5.74, 6) is 0.868. The lowest BCUT2D eigenvalue weighted by Gasteiger charge is -2.45. The van der Waals surface area contributed by atoms with Crippen LogP contribution in [0.25, 0.3) is 11.4 Å². The number of halogens is 4. The first-order valence-electron chi connectivity index (χ1n) is 12.2. The van der Waals surface area contributed by atoms with Crippen LogP contribution in [0, 0.1) is 5.82 Å². The number of imidazole rings is 1. The number of nitrogens with zero attached hydrogens (tertiary/aromatic N) is 5. The maximum absolute atomic E-state index is 13.3. The van der Waals surface area contributed by atoms with Crippen molar-refractivity contribution in [1.29, 1.82) is 0 Å². The van der Waals surface area contributed by atoms with E-state index >= 15 is 0 Å². The molecule has 1 aromatic carbocycles. The van der Waals surface area contributed by atoms with Gasteiger partial charge in [-0.3, -0.25) is 9.69 Å². The summed E-state index contributed by atoms with van der Waals surface area (Å²) in [6.07, 6.45) is -2.92. The van der Waals surface area contributed by atoms with Crippen molar-refractivity contribution in [2.24, 2.45) is 0 Å². The lowest BCUT2D eigenvalue weighted by Crippen LogP contribution is -2.59. The number of hydrogen-bond donors (Lipinski definition) is 1. The molecule has 7 nitrogen and oxygen atoms in total. The molecule has 1 amide bonds. The highest BCUT2D eigenvalue weighted by molar-refractivity contribution is 5.78. The van der Waals surface area contributed by atoms with Crippen LogP contribution >= 0.6 is 0 Å². The highest BCUT2D eigenvalue weighted by atomic mass is 19.4. The van der Waals surface area contributed by atoms with E-state index in [9.17, 15) is 22.4 Å². The summed E-state index contributed by atoms with van der Waals surface area (Å²) >= 11 is 0. The van der Waals surface area contributed by atoms with Gasteiger partial charge in [-0.05, 0) is 50.2 Å². The molecule has 3 aromatic rings. The van der Waals surface area contributed by atoms with Crippen LogP contribution in [0.5, 0.6) is 0 Å². The van der Waals surface area contributed by atoms with Gasteiger partial charge < -0.3 is 14.8 Å². The van der Waals surface area contributed by atoms with Crippen LogP contribution in [-0.4, -0.2) is 68.9 Å². The van der Waals surface area contributed by atoms with Crippen LogP contribution in [-0.2, 0) is 23.9 Å². The van der Waals surface area contributed by atoms with Gasteiger partial charge in [0, 0.05) is 49.9 Å². The first-order valence-corrected chi connectivity index (χ1v) is 12.2. The summed E-state index contributed by atoms with van der Waals surface area (Å²) in [7, 11) is 0. The highest BCUT2D eigenvalue weighted by Gasteiger charge is 2.35. The number of carbonyl (C=O) groups is 1. The molecule has 0 saturated carbocycles. The standard InChI is InChI=1S/C26H28F4N6O/c1-16-12-35(23-8-5-19(11-31-23)26(28,29)30)13-17(2)36(16)15-24(37)34-10-9-21-22(14-34)33-25(32-21)18-3-6-20(27)7-4-18/h3-8,11,16-17H,9-10,12-15H2,1-2H3,(H,32,33)/t16-,17+. The van der Waals surface area contributed by atoms with E-state index in [1.807, 2.05) is 23.6 Å². The monoisotopic (exact) mass is 516 g/mol. The Balaban J connectivity index is 1.21. The Bertz CT molecular complexity index is 1250. The van der Waals surface area contributed by atoms with Crippen molar-refractivity contribution in [3.05, 3.63) is 65.4 Å². The minimum Gasteiger partial charge on any atom is -0.354 e. The Morgan fingerprint density at radius 2 is 1.78 bits per heavy atom. The van der Waals surface area contributed by atoms with E-state index in [4.69, 9.17) is 0 Å². The molecule has 37 heavy (non-hydrogen) atoms. The number of amides is 1. The number of pyridine rings is 1. The van der Waals surface area contributed by atoms with Crippen molar-refractivity contribution >= 4 is 11.7 Å². The van der Waals surface area contributed by atoms with Crippen LogP contribution in [0.2, 0.25) is 0 Å². The number of fused-ring (bicyclic) bond motifs is 1. The minimum absolute atomic E-state index is 0.00868. The van der Waals surface area contributed by atoms with Gasteiger partial charge >= 0.3 is 6.18 Å². The molecule has 1 N–H and O–H groups in total. The first kappa shape index (κ1) is 25.2. The third-order valence-electron chi connectivity index (χ3n) is 7.12. The van der Waals surface area contributed by atoms with Crippen LogP contribution in [0.1, 0.15) is 30.8 Å². The average Bonchev–Trinajstić information content (AvgIpc) is 3.29. The number of hydrogen-bond acceptors (Lipinski definition) is 5. The number of nitrogens with one attached hydrogen (secondary N) is 1. The van der Waals surface area contributed by atoms with E-state index < -0.39 is 11.7 Å². The summed E-state index contributed by atoms with van der Waals surface area (Å²) in [6, 6.07) is 8.60. The molecule has 1 saturated heterocycles. The number of aromatic amines is 1. The molecular formula is C26H28F4N6O. The maximum atomic E-state index is 13.3. The molecule has 0 unspecified atom stereocenters. The van der Waals surface area contributed by atoms with E-state index in [1.165, 1.54) is 18.2 Å². The largest absolute Gasteiger partial charge is 0.417 e. The Morgan fingerprint density at radius 3 is 2.41 bits per heavy atom. The molecule has 2 aliphatic heterocycles. The highest BCUT2D eigenvalue weighted by Crippen LogP contribution is 2.30. The van der Waals surface area contributed by atoms with Crippen LogP contribution in [0.4, 0.5) is 23.4 Å². The molecule has 0 radical (unpaired) electrons. The third kappa shape index (κ3) is 5.31. The molecule has 11 heteroatoms. The van der Waals surface area contributed by atoms with E-state index in [0.29, 0.717) is 44.2 Å². The van der Waals surface area contributed by atoms with Gasteiger partial charge in [-0.25, -0.2) is 14.4 Å². The van der Waals surface area contributed by atoms with Gasteiger partial charge in [-0.1, -0.05) is 0 Å². The summed E-state index contributed by atoms with van der Waals surface area (Å²) in [6.45, 7) is 6.39. The predicted octanol–water partition coefficient (Wildman–Crippen LogP) is 4.11. The molecule has 0 spiro atoms. The summed E-state index contributed by atoms with van der Waals surface area (Å²) in [4.78, 5) is 31.1. The fraction of sp³-hybridized carbons (Fsp3) is 0.423. The molecule has 2 atom stereocenters. The quantitative estimate of drug-likeness (QED) is 0.529. The maximum Gasteiger partial charge on any atom is 0.417 e. The lowest BCUT2D eigenvalue weighted by molar-refractivity contribution is -0.138. The van der Waals surface area contributed by atoms with Gasteiger partial charge in [0.1, 0.15) is 17.5 Å². The number of carbonyl (C=O) groups excluding carboxylic acids is 1. The zero-order chi connectivity index (χ0) is 26.3. The topological polar surface area (TPSA) is 68.4 Å². The second-order valence-corrected chi connectivity index (χ2v) is 9.76. The molecule has 4 heterocycles. The molecule has 0 bridgehead atoms. The number of benzene rings is 1. The van der Waals surface area contributed by atoms with Crippen molar-refractivity contribution in [2.75, 3.05) is 31.1 Å². The molecule has 2 aliphatic rings. The molecule has 1 fully saturated rings. The smallest absolute Gasteiger partial charge is 0.354 e. The fourth-order valence-corrected chi connectivity index (χ4v) is 5.10. The first-order chi connectivity index (χ1) is 17.6. The van der Waals surface area contributed by atoms with Gasteiger partial charge in [0.2, 0.25) is 5.91 Å². The third-order valence-corrected chi connectivity index (χ3v) is 7.12. The van der Waals surface area contributed by atoms with Gasteiger partial charge in [0.05, 0.1) is 30.0 Å². The second-order valence-electron chi connectivity index (χ2n) is 9.76. The molecule has 0 aliphatic carbocycles. The van der Waals surface area contributed by atoms with E-state index in [2.05, 4.69) is 19.9 Å². The number of rotatable bonds is 4. The van der Waals surface area contributed by atoms with Crippen molar-refractivity contribution < 1.29 is 22.4 Å². The number of alkyl halides is 3. The Hall–Kier alpha value is -3.47. The zero-order valence-corrected chi connectivity index (χ0v) is 20.6. The Labute approximate surface area is 212 Å². The normalized spacial score (nSPS) is 20.7. The van der Waals surface area contributed by atoms with Crippen molar-refractivity contribution in [2.45, 2.75) is 45.1 Å². The fourth-order valence-electron chi connectivity index (χ4n) is 5.10. The van der Waals surface area contributed by atoms with Gasteiger partial charge in [-0.2, -0.15) is 13.2 Å². The summed E-state index contributed by atoms with van der Waals surface area (Å²) in [5.41, 5.74) is 1.83. The zero-order valence-electron chi connectivity index (χ0n) is 20.6. The number of aromatic nitrogens is 3. The second kappa shape index (κ2) is 9.77. The van der Waals surface area contributed by atoms with Crippen LogP contribution in [0.3, 0.4) is 0 Å². The minimum atomic E-state index is -4.42. The van der Waals surface area contributed by atoms with Crippen molar-refractivity contribution in [3.8, 4) is 11.4 Å².